The van der Waals surface area contributed by atoms with Crippen molar-refractivity contribution in [1.29, 1.82) is 0 Å². The van der Waals surface area contributed by atoms with Gasteiger partial charge in [-0.05, 0) is 31.2 Å². The van der Waals surface area contributed by atoms with E-state index in [9.17, 15) is 18.0 Å². The van der Waals surface area contributed by atoms with Crippen LogP contribution in [-0.2, 0) is 11.0 Å². The Labute approximate surface area is 144 Å². The molecule has 4 nitrogen and oxygen atoms in total. The van der Waals surface area contributed by atoms with Gasteiger partial charge in [0.2, 0.25) is 5.91 Å². The Kier molecular flexibility index (Phi) is 6.11. The molecule has 8 heteroatoms. The van der Waals surface area contributed by atoms with Crippen molar-refractivity contribution in [3.05, 3.63) is 18.0 Å². The molecule has 0 aromatic carbocycles. The largest absolute Gasteiger partial charge is 0.433 e. The van der Waals surface area contributed by atoms with Crippen molar-refractivity contribution in [3.63, 3.8) is 0 Å². The Bertz CT molecular complexity index is 582. The molecule has 1 aromatic heterocycles. The predicted molar refractivity (Wildman–Crippen MR) is 86.5 cm³/mol. The Hall–Kier alpha value is -1.31. The van der Waals surface area contributed by atoms with E-state index in [0.29, 0.717) is 11.8 Å². The van der Waals surface area contributed by atoms with Gasteiger partial charge in [-0.3, -0.25) is 4.79 Å². The Balaban J connectivity index is 1.97. The number of thioether (sulfide) groups is 1. The summed E-state index contributed by atoms with van der Waals surface area (Å²) < 4.78 is 38.0. The molecule has 4 atom stereocenters. The Morgan fingerprint density at radius 3 is 2.75 bits per heavy atom. The molecule has 24 heavy (non-hydrogen) atoms. The van der Waals surface area contributed by atoms with Crippen LogP contribution in [0.3, 0.4) is 0 Å². The summed E-state index contributed by atoms with van der Waals surface area (Å²) in [7, 11) is 0. The van der Waals surface area contributed by atoms with Gasteiger partial charge in [0.1, 0.15) is 5.69 Å². The van der Waals surface area contributed by atoms with Crippen LogP contribution in [0.1, 0.15) is 45.7 Å². The zero-order valence-corrected chi connectivity index (χ0v) is 14.7. The van der Waals surface area contributed by atoms with E-state index in [1.807, 2.05) is 0 Å². The molecule has 0 aliphatic heterocycles. The lowest BCUT2D eigenvalue weighted by atomic mass is 9.78. The number of rotatable bonds is 4. The van der Waals surface area contributed by atoms with E-state index in [4.69, 9.17) is 0 Å². The summed E-state index contributed by atoms with van der Waals surface area (Å²) in [4.78, 5) is 19.6. The van der Waals surface area contributed by atoms with Crippen molar-refractivity contribution in [1.82, 2.24) is 15.3 Å². The first kappa shape index (κ1) is 19.0. The SMILES string of the molecule is CC(Sc1nccc(C(F)(F)F)n1)C(=O)NC1CCCC(C)C1C. The van der Waals surface area contributed by atoms with Gasteiger partial charge in [0.05, 0.1) is 5.25 Å². The highest BCUT2D eigenvalue weighted by Crippen LogP contribution is 2.31. The fourth-order valence-electron chi connectivity index (χ4n) is 2.85. The summed E-state index contributed by atoms with van der Waals surface area (Å²) in [6.07, 6.45) is -0.273. The minimum atomic E-state index is -4.52. The maximum absolute atomic E-state index is 12.7. The van der Waals surface area contributed by atoms with Gasteiger partial charge in [0.25, 0.3) is 0 Å². The number of carbonyl (C=O) groups excluding carboxylic acids is 1. The first-order chi connectivity index (χ1) is 11.2. The standard InChI is InChI=1S/C16H22F3N3OS/c1-9-5-4-6-12(10(9)2)21-14(23)11(3)24-15-20-8-7-13(22-15)16(17,18)19/h7-12H,4-6H2,1-3H3,(H,21,23). The van der Waals surface area contributed by atoms with Gasteiger partial charge in [-0.2, -0.15) is 13.2 Å². The van der Waals surface area contributed by atoms with Crippen LogP contribution >= 0.6 is 11.8 Å². The zero-order chi connectivity index (χ0) is 17.9. The van der Waals surface area contributed by atoms with Crippen molar-refractivity contribution < 1.29 is 18.0 Å². The van der Waals surface area contributed by atoms with E-state index in [1.165, 1.54) is 0 Å². The van der Waals surface area contributed by atoms with E-state index in [-0.39, 0.29) is 17.1 Å². The van der Waals surface area contributed by atoms with Crippen molar-refractivity contribution in [2.24, 2.45) is 11.8 Å². The lowest BCUT2D eigenvalue weighted by Crippen LogP contribution is -2.46. The molecular weight excluding hydrogens is 339 g/mol. The van der Waals surface area contributed by atoms with Crippen molar-refractivity contribution in [2.45, 2.75) is 62.7 Å². The van der Waals surface area contributed by atoms with Gasteiger partial charge in [-0.25, -0.2) is 9.97 Å². The third-order valence-corrected chi connectivity index (χ3v) is 5.58. The fraction of sp³-hybridized carbons (Fsp3) is 0.688. The van der Waals surface area contributed by atoms with Crippen LogP contribution in [-0.4, -0.2) is 27.2 Å². The first-order valence-electron chi connectivity index (χ1n) is 8.05. The molecule has 0 radical (unpaired) electrons. The number of carbonyl (C=O) groups is 1. The molecule has 1 saturated carbocycles. The number of amides is 1. The highest BCUT2D eigenvalue weighted by Gasteiger charge is 2.33. The van der Waals surface area contributed by atoms with Crippen molar-refractivity contribution >= 4 is 17.7 Å². The lowest BCUT2D eigenvalue weighted by molar-refractivity contribution is -0.141. The van der Waals surface area contributed by atoms with Crippen molar-refractivity contribution in [3.8, 4) is 0 Å². The zero-order valence-electron chi connectivity index (χ0n) is 13.9. The predicted octanol–water partition coefficient (Wildman–Crippen LogP) is 3.92. The number of nitrogens with zero attached hydrogens (tertiary/aromatic N) is 2. The molecule has 4 unspecified atom stereocenters. The van der Waals surface area contributed by atoms with E-state index < -0.39 is 17.1 Å². The van der Waals surface area contributed by atoms with Gasteiger partial charge in [-0.15, -0.1) is 0 Å². The fourth-order valence-corrected chi connectivity index (χ4v) is 3.62. The summed E-state index contributed by atoms with van der Waals surface area (Å²) in [5.41, 5.74) is -0.998. The van der Waals surface area contributed by atoms with Crippen LogP contribution in [0.4, 0.5) is 13.2 Å². The van der Waals surface area contributed by atoms with Gasteiger partial charge in [0, 0.05) is 12.2 Å². The number of hydrogen-bond acceptors (Lipinski definition) is 4. The molecule has 1 aliphatic carbocycles. The summed E-state index contributed by atoms with van der Waals surface area (Å²) in [6, 6.07) is 0.937. The van der Waals surface area contributed by atoms with Crippen LogP contribution in [0, 0.1) is 11.8 Å². The van der Waals surface area contributed by atoms with Crippen LogP contribution in [0.15, 0.2) is 17.4 Å². The first-order valence-corrected chi connectivity index (χ1v) is 8.93. The normalized spacial score (nSPS) is 26.0. The topological polar surface area (TPSA) is 54.9 Å². The van der Waals surface area contributed by atoms with Gasteiger partial charge >= 0.3 is 6.18 Å². The number of alkyl halides is 3. The second-order valence-electron chi connectivity index (χ2n) is 6.36. The molecule has 2 rings (SSSR count). The number of halogens is 3. The maximum atomic E-state index is 12.7. The van der Waals surface area contributed by atoms with Crippen LogP contribution in [0.2, 0.25) is 0 Å². The second-order valence-corrected chi connectivity index (χ2v) is 7.67. The lowest BCUT2D eigenvalue weighted by Gasteiger charge is -2.35. The molecule has 0 spiro atoms. The maximum Gasteiger partial charge on any atom is 0.433 e. The highest BCUT2D eigenvalue weighted by molar-refractivity contribution is 8.00. The van der Waals surface area contributed by atoms with Gasteiger partial charge < -0.3 is 5.32 Å². The molecule has 1 N–H and O–H groups in total. The van der Waals surface area contributed by atoms with Gasteiger partial charge in [-0.1, -0.05) is 38.5 Å². The smallest absolute Gasteiger partial charge is 0.352 e. The van der Waals surface area contributed by atoms with Crippen molar-refractivity contribution in [2.75, 3.05) is 0 Å². The molecule has 0 bridgehead atoms. The minimum Gasteiger partial charge on any atom is -0.352 e. The molecule has 134 valence electrons. The Morgan fingerprint density at radius 1 is 1.38 bits per heavy atom. The Morgan fingerprint density at radius 2 is 2.08 bits per heavy atom. The van der Waals surface area contributed by atoms with E-state index in [2.05, 4.69) is 29.1 Å². The van der Waals surface area contributed by atoms with Crippen LogP contribution in [0.25, 0.3) is 0 Å². The molecule has 0 saturated heterocycles. The van der Waals surface area contributed by atoms with E-state index >= 15 is 0 Å². The summed E-state index contributed by atoms with van der Waals surface area (Å²) in [5.74, 6) is 0.760. The molecule has 1 aromatic rings. The van der Waals surface area contributed by atoms with Gasteiger partial charge in [0.15, 0.2) is 5.16 Å². The molecule has 1 amide bonds. The third-order valence-electron chi connectivity index (χ3n) is 4.61. The third kappa shape index (κ3) is 4.84. The van der Waals surface area contributed by atoms with Crippen LogP contribution < -0.4 is 5.32 Å². The number of aromatic nitrogens is 2. The molecule has 1 aliphatic rings. The molecule has 1 heterocycles. The number of hydrogen-bond donors (Lipinski definition) is 1. The van der Waals surface area contributed by atoms with E-state index in [0.717, 1.165) is 43.3 Å². The second kappa shape index (κ2) is 7.72. The van der Waals surface area contributed by atoms with Crippen LogP contribution in [0.5, 0.6) is 0 Å². The summed E-state index contributed by atoms with van der Waals surface area (Å²) in [5, 5.41) is 2.42. The average molecular weight is 361 g/mol. The van der Waals surface area contributed by atoms with E-state index in [1.54, 1.807) is 6.92 Å². The monoisotopic (exact) mass is 361 g/mol. The quantitative estimate of drug-likeness (QED) is 0.652. The minimum absolute atomic E-state index is 0.0439. The molecular formula is C16H22F3N3OS. The number of nitrogens with one attached hydrogen (secondary N) is 1. The average Bonchev–Trinajstić information content (AvgIpc) is 2.51. The molecule has 1 fully saturated rings. The summed E-state index contributed by atoms with van der Waals surface area (Å²) in [6.45, 7) is 5.96. The highest BCUT2D eigenvalue weighted by atomic mass is 32.2. The summed E-state index contributed by atoms with van der Waals surface area (Å²) >= 11 is 0.938.